The van der Waals surface area contributed by atoms with Crippen LogP contribution >= 0.6 is 0 Å². The molecule has 29 heavy (non-hydrogen) atoms. The average Bonchev–Trinajstić information content (AvgIpc) is 3.00. The van der Waals surface area contributed by atoms with Crippen LogP contribution in [-0.4, -0.2) is 21.4 Å². The maximum atomic E-state index is 13.3. The molecular weight excluding hydrogens is 364 g/mol. The van der Waals surface area contributed by atoms with Gasteiger partial charge in [-0.2, -0.15) is 0 Å². The van der Waals surface area contributed by atoms with Crippen LogP contribution < -0.4 is 16.2 Å². The molecule has 0 saturated heterocycles. The summed E-state index contributed by atoms with van der Waals surface area (Å²) in [6.45, 7) is 1.85. The molecule has 0 aliphatic heterocycles. The largest absolute Gasteiger partial charge is 0.335 e. The Hall–Kier alpha value is -3.28. The lowest BCUT2D eigenvalue weighted by Gasteiger charge is -2.22. The highest BCUT2D eigenvalue weighted by Crippen LogP contribution is 2.21. The predicted molar refractivity (Wildman–Crippen MR) is 115 cm³/mol. The van der Waals surface area contributed by atoms with Crippen molar-refractivity contribution in [1.29, 1.82) is 0 Å². The van der Waals surface area contributed by atoms with E-state index in [4.69, 9.17) is 0 Å². The SMILES string of the molecule is Cc1c(NC(=O)NC2CCCCC2)c(=O)n(-c2ccccc2)n1-c1ccccc1. The van der Waals surface area contributed by atoms with Crippen molar-refractivity contribution >= 4 is 11.7 Å². The van der Waals surface area contributed by atoms with Gasteiger partial charge in [0.15, 0.2) is 0 Å². The molecule has 6 heteroatoms. The second-order valence-electron chi connectivity index (χ2n) is 7.49. The summed E-state index contributed by atoms with van der Waals surface area (Å²) in [6, 6.07) is 19.0. The van der Waals surface area contributed by atoms with E-state index in [1.807, 2.05) is 72.3 Å². The van der Waals surface area contributed by atoms with Gasteiger partial charge in [-0.15, -0.1) is 0 Å². The number of hydrogen-bond donors (Lipinski definition) is 2. The molecule has 2 amide bonds. The van der Waals surface area contributed by atoms with Gasteiger partial charge in [0.1, 0.15) is 5.69 Å². The zero-order valence-electron chi connectivity index (χ0n) is 16.6. The van der Waals surface area contributed by atoms with Gasteiger partial charge in [0.05, 0.1) is 17.1 Å². The average molecular weight is 390 g/mol. The number of urea groups is 1. The van der Waals surface area contributed by atoms with Gasteiger partial charge >= 0.3 is 6.03 Å². The van der Waals surface area contributed by atoms with Gasteiger partial charge in [0.25, 0.3) is 5.56 Å². The molecular formula is C23H26N4O2. The smallest absolute Gasteiger partial charge is 0.319 e. The Morgan fingerprint density at radius 1 is 0.862 bits per heavy atom. The first-order valence-corrected chi connectivity index (χ1v) is 10.2. The van der Waals surface area contributed by atoms with Crippen molar-refractivity contribution in [2.24, 2.45) is 0 Å². The Kier molecular flexibility index (Phi) is 5.51. The fraction of sp³-hybridized carbons (Fsp3) is 0.304. The van der Waals surface area contributed by atoms with Crippen LogP contribution in [-0.2, 0) is 0 Å². The van der Waals surface area contributed by atoms with Crippen molar-refractivity contribution in [3.8, 4) is 11.4 Å². The summed E-state index contributed by atoms with van der Waals surface area (Å²) in [6.07, 6.45) is 5.47. The summed E-state index contributed by atoms with van der Waals surface area (Å²) < 4.78 is 3.44. The number of nitrogens with zero attached hydrogens (tertiary/aromatic N) is 2. The van der Waals surface area contributed by atoms with E-state index in [1.165, 1.54) is 6.42 Å². The number of para-hydroxylation sites is 2. The molecule has 6 nitrogen and oxygen atoms in total. The van der Waals surface area contributed by atoms with E-state index < -0.39 is 0 Å². The van der Waals surface area contributed by atoms with Crippen molar-refractivity contribution < 1.29 is 4.79 Å². The monoisotopic (exact) mass is 390 g/mol. The highest BCUT2D eigenvalue weighted by Gasteiger charge is 2.22. The van der Waals surface area contributed by atoms with Crippen LogP contribution in [0.2, 0.25) is 0 Å². The van der Waals surface area contributed by atoms with Crippen molar-refractivity contribution in [2.75, 3.05) is 5.32 Å². The van der Waals surface area contributed by atoms with Gasteiger partial charge in [-0.25, -0.2) is 14.2 Å². The molecule has 0 atom stereocenters. The molecule has 3 aromatic rings. The fourth-order valence-electron chi connectivity index (χ4n) is 4.01. The molecule has 1 saturated carbocycles. The van der Waals surface area contributed by atoms with Crippen molar-refractivity contribution in [2.45, 2.75) is 45.1 Å². The van der Waals surface area contributed by atoms with Gasteiger partial charge in [0.2, 0.25) is 0 Å². The van der Waals surface area contributed by atoms with E-state index in [9.17, 15) is 9.59 Å². The number of amides is 2. The van der Waals surface area contributed by atoms with Crippen LogP contribution in [0.3, 0.4) is 0 Å². The van der Waals surface area contributed by atoms with E-state index in [-0.39, 0.29) is 17.6 Å². The van der Waals surface area contributed by atoms with Gasteiger partial charge in [-0.05, 0) is 44.0 Å². The van der Waals surface area contributed by atoms with Crippen LogP contribution in [0.4, 0.5) is 10.5 Å². The van der Waals surface area contributed by atoms with Crippen LogP contribution in [0.1, 0.15) is 37.8 Å². The van der Waals surface area contributed by atoms with Gasteiger partial charge in [-0.3, -0.25) is 4.79 Å². The minimum Gasteiger partial charge on any atom is -0.335 e. The van der Waals surface area contributed by atoms with E-state index >= 15 is 0 Å². The molecule has 0 radical (unpaired) electrons. The molecule has 1 heterocycles. The summed E-state index contributed by atoms with van der Waals surface area (Å²) in [4.78, 5) is 25.9. The zero-order chi connectivity index (χ0) is 20.2. The third-order valence-electron chi connectivity index (χ3n) is 5.47. The van der Waals surface area contributed by atoms with Crippen molar-refractivity contribution in [1.82, 2.24) is 14.7 Å². The molecule has 2 N–H and O–H groups in total. The lowest BCUT2D eigenvalue weighted by atomic mass is 9.96. The Balaban J connectivity index is 1.72. The van der Waals surface area contributed by atoms with Crippen molar-refractivity contribution in [3.63, 3.8) is 0 Å². The number of nitrogens with one attached hydrogen (secondary N) is 2. The number of benzene rings is 2. The molecule has 1 fully saturated rings. The Labute approximate surface area is 170 Å². The minimum absolute atomic E-state index is 0.177. The number of aromatic nitrogens is 2. The second kappa shape index (κ2) is 8.39. The maximum Gasteiger partial charge on any atom is 0.319 e. The van der Waals surface area contributed by atoms with E-state index in [0.717, 1.165) is 37.1 Å². The van der Waals surface area contributed by atoms with Gasteiger partial charge in [0, 0.05) is 6.04 Å². The van der Waals surface area contributed by atoms with Crippen LogP contribution in [0, 0.1) is 6.92 Å². The normalized spacial score (nSPS) is 14.5. The quantitative estimate of drug-likeness (QED) is 0.694. The molecule has 0 spiro atoms. The lowest BCUT2D eigenvalue weighted by molar-refractivity contribution is 0.244. The molecule has 1 aliphatic rings. The lowest BCUT2D eigenvalue weighted by Crippen LogP contribution is -2.39. The number of hydrogen-bond acceptors (Lipinski definition) is 2. The molecule has 2 aromatic carbocycles. The summed E-state index contributed by atoms with van der Waals surface area (Å²) in [5.74, 6) is 0. The third-order valence-corrected chi connectivity index (χ3v) is 5.47. The first kappa shape index (κ1) is 19.1. The number of rotatable bonds is 4. The van der Waals surface area contributed by atoms with Gasteiger partial charge in [-0.1, -0.05) is 55.7 Å². The van der Waals surface area contributed by atoms with Crippen LogP contribution in [0.25, 0.3) is 11.4 Å². The van der Waals surface area contributed by atoms with E-state index in [0.29, 0.717) is 11.4 Å². The highest BCUT2D eigenvalue weighted by molar-refractivity contribution is 5.90. The first-order valence-electron chi connectivity index (χ1n) is 10.2. The predicted octanol–water partition coefficient (Wildman–Crippen LogP) is 4.39. The van der Waals surface area contributed by atoms with Crippen LogP contribution in [0.5, 0.6) is 0 Å². The first-order chi connectivity index (χ1) is 14.1. The maximum absolute atomic E-state index is 13.3. The summed E-state index contributed by atoms with van der Waals surface area (Å²) in [7, 11) is 0. The topological polar surface area (TPSA) is 68.1 Å². The van der Waals surface area contributed by atoms with E-state index in [2.05, 4.69) is 10.6 Å². The molecule has 4 rings (SSSR count). The summed E-state index contributed by atoms with van der Waals surface area (Å²) >= 11 is 0. The molecule has 1 aromatic heterocycles. The molecule has 0 unspecified atom stereocenters. The number of carbonyl (C=O) groups is 1. The van der Waals surface area contributed by atoms with Gasteiger partial charge < -0.3 is 10.6 Å². The number of anilines is 1. The Morgan fingerprint density at radius 3 is 2.00 bits per heavy atom. The zero-order valence-corrected chi connectivity index (χ0v) is 16.6. The number of carbonyl (C=O) groups excluding carboxylic acids is 1. The Bertz CT molecular complexity index is 1030. The van der Waals surface area contributed by atoms with Crippen molar-refractivity contribution in [3.05, 3.63) is 76.7 Å². The standard InChI is InChI=1S/C23H26N4O2/c1-17-21(25-23(29)24-18-11-5-2-6-12-18)22(28)27(20-15-9-4-10-16-20)26(17)19-13-7-3-8-14-19/h3-4,7-10,13-16,18H,2,5-6,11-12H2,1H3,(H2,24,25,29). The van der Waals surface area contributed by atoms with E-state index in [1.54, 1.807) is 4.68 Å². The second-order valence-corrected chi connectivity index (χ2v) is 7.49. The molecule has 1 aliphatic carbocycles. The highest BCUT2D eigenvalue weighted by atomic mass is 16.2. The summed E-state index contributed by atoms with van der Waals surface area (Å²) in [5.41, 5.74) is 2.32. The molecule has 0 bridgehead atoms. The Morgan fingerprint density at radius 2 is 1.41 bits per heavy atom. The third kappa shape index (κ3) is 3.97. The summed E-state index contributed by atoms with van der Waals surface area (Å²) in [5, 5.41) is 5.84. The molecule has 150 valence electrons. The minimum atomic E-state index is -0.317. The fourth-order valence-corrected chi connectivity index (χ4v) is 4.01. The van der Waals surface area contributed by atoms with Crippen LogP contribution in [0.15, 0.2) is 65.5 Å².